The van der Waals surface area contributed by atoms with E-state index in [1.165, 1.54) is 103 Å². The van der Waals surface area contributed by atoms with Crippen molar-refractivity contribution in [2.45, 2.75) is 206 Å². The average molecular weight is 750 g/mol. The van der Waals surface area contributed by atoms with Gasteiger partial charge >= 0.3 is 11.9 Å². The van der Waals surface area contributed by atoms with Gasteiger partial charge in [0, 0.05) is 19.3 Å². The van der Waals surface area contributed by atoms with Crippen molar-refractivity contribution in [1.29, 1.82) is 0 Å². The van der Waals surface area contributed by atoms with E-state index in [-0.39, 0.29) is 42.7 Å². The number of hydrogen-bond donors (Lipinski definition) is 0. The highest BCUT2D eigenvalue weighted by atomic mass is 16.6. The number of carbonyl (C=O) groups excluding carboxylic acids is 3. The average Bonchev–Trinajstić information content (AvgIpc) is 3.11. The number of rotatable bonds is 39. The molecule has 0 aromatic heterocycles. The molecule has 53 heavy (non-hydrogen) atoms. The number of quaternary nitrogens is 1. The number of unbranched alkanes of at least 4 members (excludes halogenated alkanes) is 21. The molecule has 8 nitrogen and oxygen atoms in total. The standard InChI is InChI=1S/C45H83NO7/c1-6-8-10-12-14-16-18-19-20-21-22-23-24-25-26-28-30-32-34-36-44(48)53-41(39-51-38-37-42(45(49)50)46(3,4)5)40-52-43(47)35-33-31-29-27-17-15-13-11-9-7-2/h13,15,21-22,41-42H,6-12,14,16-20,23-40H2,1-5H3/b15-13+,22-21+. The minimum Gasteiger partial charge on any atom is -0.544 e. The fourth-order valence-corrected chi connectivity index (χ4v) is 6.34. The summed E-state index contributed by atoms with van der Waals surface area (Å²) >= 11 is 0. The molecule has 0 N–H and O–H groups in total. The number of hydrogen-bond acceptors (Lipinski definition) is 7. The number of nitrogens with zero attached hydrogens (tertiary/aromatic N) is 1. The van der Waals surface area contributed by atoms with Crippen LogP contribution in [0, 0.1) is 0 Å². The van der Waals surface area contributed by atoms with Crippen molar-refractivity contribution in [2.75, 3.05) is 41.0 Å². The third kappa shape index (κ3) is 35.3. The van der Waals surface area contributed by atoms with E-state index in [2.05, 4.69) is 38.2 Å². The summed E-state index contributed by atoms with van der Waals surface area (Å²) < 4.78 is 17.1. The van der Waals surface area contributed by atoms with E-state index < -0.39 is 18.1 Å². The van der Waals surface area contributed by atoms with Gasteiger partial charge in [-0.3, -0.25) is 9.59 Å². The molecule has 0 saturated carbocycles. The van der Waals surface area contributed by atoms with Crippen LogP contribution in [0.5, 0.6) is 0 Å². The summed E-state index contributed by atoms with van der Waals surface area (Å²) in [5.41, 5.74) is 0. The number of carboxylic acids is 1. The highest BCUT2D eigenvalue weighted by Gasteiger charge is 2.25. The van der Waals surface area contributed by atoms with Gasteiger partial charge in [-0.05, 0) is 57.8 Å². The van der Waals surface area contributed by atoms with Gasteiger partial charge in [-0.2, -0.15) is 0 Å². The van der Waals surface area contributed by atoms with Gasteiger partial charge in [-0.1, -0.05) is 141 Å². The van der Waals surface area contributed by atoms with Gasteiger partial charge in [0.2, 0.25) is 0 Å². The summed E-state index contributed by atoms with van der Waals surface area (Å²) in [6, 6.07) is -0.725. The second-order valence-electron chi connectivity index (χ2n) is 15.9. The fraction of sp³-hybridized carbons (Fsp3) is 0.844. The van der Waals surface area contributed by atoms with Crippen LogP contribution in [0.1, 0.15) is 194 Å². The zero-order valence-corrected chi connectivity index (χ0v) is 35.2. The van der Waals surface area contributed by atoms with E-state index in [0.29, 0.717) is 12.8 Å². The summed E-state index contributed by atoms with van der Waals surface area (Å²) in [5.74, 6) is -1.75. The molecule has 0 aliphatic rings. The second-order valence-corrected chi connectivity index (χ2v) is 15.9. The van der Waals surface area contributed by atoms with Crippen LogP contribution in [-0.4, -0.2) is 75.5 Å². The molecule has 0 aliphatic heterocycles. The van der Waals surface area contributed by atoms with E-state index in [0.717, 1.165) is 57.8 Å². The van der Waals surface area contributed by atoms with Crippen LogP contribution in [0.15, 0.2) is 24.3 Å². The Morgan fingerprint density at radius 3 is 1.42 bits per heavy atom. The third-order valence-corrected chi connectivity index (χ3v) is 9.81. The third-order valence-electron chi connectivity index (χ3n) is 9.81. The Bertz CT molecular complexity index is 926. The Morgan fingerprint density at radius 1 is 0.547 bits per heavy atom. The quantitative estimate of drug-likeness (QED) is 0.0267. The van der Waals surface area contributed by atoms with E-state index in [1.807, 2.05) is 0 Å². The number of esters is 2. The van der Waals surface area contributed by atoms with Crippen LogP contribution in [0.2, 0.25) is 0 Å². The minimum atomic E-state index is -1.13. The number of carbonyl (C=O) groups is 3. The fourth-order valence-electron chi connectivity index (χ4n) is 6.34. The van der Waals surface area contributed by atoms with Gasteiger partial charge in [0.15, 0.2) is 6.10 Å². The van der Waals surface area contributed by atoms with Gasteiger partial charge in [-0.15, -0.1) is 0 Å². The van der Waals surface area contributed by atoms with E-state index in [1.54, 1.807) is 21.1 Å². The highest BCUT2D eigenvalue weighted by Crippen LogP contribution is 2.14. The van der Waals surface area contributed by atoms with Crippen LogP contribution in [0.25, 0.3) is 0 Å². The van der Waals surface area contributed by atoms with Crippen molar-refractivity contribution in [3.8, 4) is 0 Å². The maximum Gasteiger partial charge on any atom is 0.306 e. The minimum absolute atomic E-state index is 0.0378. The lowest BCUT2D eigenvalue weighted by Crippen LogP contribution is -2.55. The maximum absolute atomic E-state index is 12.7. The number of likely N-dealkylation sites (N-methyl/N-ethyl adjacent to an activating group) is 1. The van der Waals surface area contributed by atoms with E-state index in [4.69, 9.17) is 14.2 Å². The van der Waals surface area contributed by atoms with Crippen LogP contribution >= 0.6 is 0 Å². The highest BCUT2D eigenvalue weighted by molar-refractivity contribution is 5.70. The molecule has 0 aliphatic carbocycles. The first-order chi connectivity index (χ1) is 25.6. The maximum atomic E-state index is 12.7. The van der Waals surface area contributed by atoms with Crippen molar-refractivity contribution < 1.29 is 38.2 Å². The molecule has 310 valence electrons. The number of ether oxygens (including phenoxy) is 3. The van der Waals surface area contributed by atoms with E-state index in [9.17, 15) is 19.5 Å². The SMILES string of the molecule is CCCC/C=C/CCCCCCC(=O)OCC(COCCC(C(=O)[O-])[N+](C)(C)C)OC(=O)CCCCCCCCC/C=C/CCCCCCCCCC. The zero-order valence-electron chi connectivity index (χ0n) is 35.2. The molecular weight excluding hydrogens is 666 g/mol. The predicted molar refractivity (Wildman–Crippen MR) is 217 cm³/mol. The number of carboxylic acid groups (broad SMARTS) is 1. The Morgan fingerprint density at radius 2 is 0.962 bits per heavy atom. The molecule has 0 rings (SSSR count). The smallest absolute Gasteiger partial charge is 0.306 e. The number of allylic oxidation sites excluding steroid dienone is 4. The zero-order chi connectivity index (χ0) is 39.3. The summed E-state index contributed by atoms with van der Waals surface area (Å²) in [6.45, 7) is 4.61. The first kappa shape index (κ1) is 50.8. The van der Waals surface area contributed by atoms with Crippen LogP contribution in [0.3, 0.4) is 0 Å². The molecule has 0 saturated heterocycles. The normalized spacial score (nSPS) is 13.2. The van der Waals surface area contributed by atoms with Crippen LogP contribution in [-0.2, 0) is 28.6 Å². The van der Waals surface area contributed by atoms with Gasteiger partial charge < -0.3 is 28.6 Å². The Hall–Kier alpha value is -2.19. The topological polar surface area (TPSA) is 102 Å². The molecule has 0 heterocycles. The van der Waals surface area contributed by atoms with Crippen LogP contribution in [0.4, 0.5) is 0 Å². The van der Waals surface area contributed by atoms with Crippen molar-refractivity contribution in [1.82, 2.24) is 0 Å². The molecule has 2 atom stereocenters. The summed E-state index contributed by atoms with van der Waals surface area (Å²) in [4.78, 5) is 36.7. The molecular formula is C45H83NO7. The molecule has 2 unspecified atom stereocenters. The van der Waals surface area contributed by atoms with Gasteiger partial charge in [0.25, 0.3) is 0 Å². The number of aliphatic carboxylic acids is 1. The second kappa shape index (κ2) is 36.8. The lowest BCUT2D eigenvalue weighted by atomic mass is 10.1. The van der Waals surface area contributed by atoms with Gasteiger partial charge in [0.05, 0.1) is 40.3 Å². The van der Waals surface area contributed by atoms with E-state index >= 15 is 0 Å². The van der Waals surface area contributed by atoms with Crippen molar-refractivity contribution in [2.24, 2.45) is 0 Å². The van der Waals surface area contributed by atoms with Crippen molar-refractivity contribution >= 4 is 17.9 Å². The predicted octanol–water partition coefficient (Wildman–Crippen LogP) is 10.4. The monoisotopic (exact) mass is 750 g/mol. The Balaban J connectivity index is 4.30. The molecule has 0 fully saturated rings. The Kier molecular flexibility index (Phi) is 35.2. The summed E-state index contributed by atoms with van der Waals surface area (Å²) in [6.07, 6.45) is 39.2. The molecule has 0 spiro atoms. The molecule has 0 amide bonds. The summed E-state index contributed by atoms with van der Waals surface area (Å²) in [7, 11) is 5.40. The van der Waals surface area contributed by atoms with Crippen molar-refractivity contribution in [3.05, 3.63) is 24.3 Å². The molecule has 0 aromatic rings. The molecule has 0 aromatic carbocycles. The lowest BCUT2D eigenvalue weighted by molar-refractivity contribution is -0.889. The van der Waals surface area contributed by atoms with Gasteiger partial charge in [-0.25, -0.2) is 0 Å². The van der Waals surface area contributed by atoms with Gasteiger partial charge in [0.1, 0.15) is 12.6 Å². The first-order valence-corrected chi connectivity index (χ1v) is 21.9. The lowest BCUT2D eigenvalue weighted by Gasteiger charge is -2.34. The molecule has 0 bridgehead atoms. The summed E-state index contributed by atoms with van der Waals surface area (Å²) in [5, 5.41) is 11.6. The molecule has 0 radical (unpaired) electrons. The van der Waals surface area contributed by atoms with Crippen molar-refractivity contribution in [3.63, 3.8) is 0 Å². The van der Waals surface area contributed by atoms with Crippen LogP contribution < -0.4 is 5.11 Å². The first-order valence-electron chi connectivity index (χ1n) is 21.9. The Labute approximate surface area is 326 Å². The largest absolute Gasteiger partial charge is 0.544 e. The molecule has 8 heteroatoms.